The van der Waals surface area contributed by atoms with Gasteiger partial charge in [0, 0.05) is 43.2 Å². The van der Waals surface area contributed by atoms with Gasteiger partial charge in [-0.05, 0) is 18.9 Å². The van der Waals surface area contributed by atoms with E-state index < -0.39 is 11.6 Å². The van der Waals surface area contributed by atoms with Crippen molar-refractivity contribution in [1.29, 1.82) is 0 Å². The number of hydrogen-bond donors (Lipinski definition) is 1. The van der Waals surface area contributed by atoms with E-state index >= 15 is 0 Å². The van der Waals surface area contributed by atoms with Gasteiger partial charge in [0.2, 0.25) is 5.91 Å². The third-order valence-corrected chi connectivity index (χ3v) is 4.08. The van der Waals surface area contributed by atoms with Gasteiger partial charge in [0.15, 0.2) is 0 Å². The van der Waals surface area contributed by atoms with Crippen LogP contribution >= 0.6 is 12.4 Å². The molecule has 23 heavy (non-hydrogen) atoms. The molecule has 0 spiro atoms. The number of ether oxygens (including phenoxy) is 1. The van der Waals surface area contributed by atoms with Gasteiger partial charge in [0.25, 0.3) is 0 Å². The summed E-state index contributed by atoms with van der Waals surface area (Å²) in [6.07, 6.45) is 2.24. The average Bonchev–Trinajstić information content (AvgIpc) is 3.32. The molecule has 1 aliphatic carbocycles. The van der Waals surface area contributed by atoms with E-state index in [1.165, 1.54) is 12.1 Å². The standard InChI is InChI=1S/C16H20F2N2O2.ClH/c17-12-2-1-11(15(18)7-12)9-20(14-3-4-14)16(21)8-13-10-22-6-5-19-13;/h1-2,7,13-14,19H,3-6,8-10H2;1H. The largest absolute Gasteiger partial charge is 0.378 e. The van der Waals surface area contributed by atoms with Crippen LogP contribution in [0, 0.1) is 11.6 Å². The summed E-state index contributed by atoms with van der Waals surface area (Å²) in [5, 5.41) is 3.25. The maximum atomic E-state index is 13.8. The van der Waals surface area contributed by atoms with Crippen molar-refractivity contribution in [2.75, 3.05) is 19.8 Å². The molecular formula is C16H21ClF2N2O2. The van der Waals surface area contributed by atoms with Gasteiger partial charge in [-0.3, -0.25) is 4.79 Å². The maximum absolute atomic E-state index is 13.8. The minimum atomic E-state index is -0.603. The zero-order valence-electron chi connectivity index (χ0n) is 12.8. The summed E-state index contributed by atoms with van der Waals surface area (Å²) in [4.78, 5) is 14.2. The fraction of sp³-hybridized carbons (Fsp3) is 0.562. The van der Waals surface area contributed by atoms with E-state index in [9.17, 15) is 13.6 Å². The smallest absolute Gasteiger partial charge is 0.224 e. The first-order valence-electron chi connectivity index (χ1n) is 7.68. The van der Waals surface area contributed by atoms with Crippen molar-refractivity contribution in [1.82, 2.24) is 10.2 Å². The molecule has 0 bridgehead atoms. The first kappa shape index (κ1) is 18.1. The molecule has 1 saturated heterocycles. The second-order valence-electron chi connectivity index (χ2n) is 5.92. The predicted molar refractivity (Wildman–Crippen MR) is 84.4 cm³/mol. The van der Waals surface area contributed by atoms with E-state index in [0.717, 1.165) is 25.5 Å². The maximum Gasteiger partial charge on any atom is 0.224 e. The molecule has 128 valence electrons. The van der Waals surface area contributed by atoms with E-state index in [4.69, 9.17) is 4.74 Å². The first-order chi connectivity index (χ1) is 10.6. The normalized spacial score (nSPS) is 20.7. The molecule has 4 nitrogen and oxygen atoms in total. The second kappa shape index (κ2) is 8.04. The SMILES string of the molecule is Cl.O=C(CC1COCCN1)N(Cc1ccc(F)cc1F)C1CC1. The number of hydrogen-bond acceptors (Lipinski definition) is 3. The molecule has 7 heteroatoms. The summed E-state index contributed by atoms with van der Waals surface area (Å²) in [6.45, 7) is 2.13. The Morgan fingerprint density at radius 3 is 2.74 bits per heavy atom. The Balaban J connectivity index is 0.00000192. The molecule has 0 aromatic heterocycles. The van der Waals surface area contributed by atoms with Gasteiger partial charge in [-0.25, -0.2) is 8.78 Å². The molecule has 0 radical (unpaired) electrons. The van der Waals surface area contributed by atoms with E-state index in [1.807, 2.05) is 0 Å². The Morgan fingerprint density at radius 1 is 1.35 bits per heavy atom. The minimum absolute atomic E-state index is 0. The van der Waals surface area contributed by atoms with Gasteiger partial charge >= 0.3 is 0 Å². The number of nitrogens with one attached hydrogen (secondary N) is 1. The topological polar surface area (TPSA) is 41.6 Å². The molecule has 1 heterocycles. The monoisotopic (exact) mass is 346 g/mol. The van der Waals surface area contributed by atoms with E-state index in [0.29, 0.717) is 25.2 Å². The van der Waals surface area contributed by atoms with Crippen molar-refractivity contribution in [3.05, 3.63) is 35.4 Å². The van der Waals surface area contributed by atoms with Gasteiger partial charge in [0.1, 0.15) is 11.6 Å². The van der Waals surface area contributed by atoms with Gasteiger partial charge in [-0.2, -0.15) is 0 Å². The van der Waals surface area contributed by atoms with Crippen LogP contribution in [0.25, 0.3) is 0 Å². The summed E-state index contributed by atoms with van der Waals surface area (Å²) < 4.78 is 32.1. The Labute approximate surface area is 140 Å². The summed E-state index contributed by atoms with van der Waals surface area (Å²) in [7, 11) is 0. The Kier molecular flexibility index (Phi) is 6.33. The van der Waals surface area contributed by atoms with E-state index in [2.05, 4.69) is 5.32 Å². The zero-order valence-corrected chi connectivity index (χ0v) is 13.6. The fourth-order valence-corrected chi connectivity index (χ4v) is 2.72. The molecule has 2 fully saturated rings. The lowest BCUT2D eigenvalue weighted by molar-refractivity contribution is -0.133. The van der Waals surface area contributed by atoms with E-state index in [-0.39, 0.29) is 36.9 Å². The molecule has 1 saturated carbocycles. The van der Waals surface area contributed by atoms with Crippen LogP contribution in [0.2, 0.25) is 0 Å². The van der Waals surface area contributed by atoms with Crippen molar-refractivity contribution >= 4 is 18.3 Å². The molecule has 1 N–H and O–H groups in total. The van der Waals surface area contributed by atoms with Crippen LogP contribution in [0.1, 0.15) is 24.8 Å². The molecule has 1 aromatic carbocycles. The number of benzene rings is 1. The third kappa shape index (κ3) is 4.86. The van der Waals surface area contributed by atoms with Crippen LogP contribution in [0.4, 0.5) is 8.78 Å². The number of carbonyl (C=O) groups excluding carboxylic acids is 1. The molecule has 3 rings (SSSR count). The van der Waals surface area contributed by atoms with Crippen LogP contribution in [0.15, 0.2) is 18.2 Å². The van der Waals surface area contributed by atoms with Gasteiger partial charge in [0.05, 0.1) is 13.2 Å². The number of carbonyl (C=O) groups is 1. The Hall–Kier alpha value is -1.24. The lowest BCUT2D eigenvalue weighted by Gasteiger charge is -2.28. The summed E-state index contributed by atoms with van der Waals surface area (Å²) in [5.74, 6) is -1.21. The van der Waals surface area contributed by atoms with Gasteiger partial charge in [-0.15, -0.1) is 12.4 Å². The van der Waals surface area contributed by atoms with Crippen molar-refractivity contribution < 1.29 is 18.3 Å². The highest BCUT2D eigenvalue weighted by Gasteiger charge is 2.34. The van der Waals surface area contributed by atoms with E-state index in [1.54, 1.807) is 4.90 Å². The molecule has 1 aromatic rings. The van der Waals surface area contributed by atoms with Crippen molar-refractivity contribution in [3.8, 4) is 0 Å². The van der Waals surface area contributed by atoms with Gasteiger partial charge < -0.3 is 15.0 Å². The molecule has 1 amide bonds. The van der Waals surface area contributed by atoms with Crippen LogP contribution in [-0.2, 0) is 16.1 Å². The minimum Gasteiger partial charge on any atom is -0.378 e. The number of nitrogens with zero attached hydrogens (tertiary/aromatic N) is 1. The Bertz CT molecular complexity index is 549. The molecular weight excluding hydrogens is 326 g/mol. The second-order valence-corrected chi connectivity index (χ2v) is 5.92. The third-order valence-electron chi connectivity index (χ3n) is 4.08. The Morgan fingerprint density at radius 2 is 2.13 bits per heavy atom. The lowest BCUT2D eigenvalue weighted by atomic mass is 10.1. The van der Waals surface area contributed by atoms with Crippen LogP contribution in [0.5, 0.6) is 0 Å². The fourth-order valence-electron chi connectivity index (χ4n) is 2.72. The van der Waals surface area contributed by atoms with Crippen LogP contribution < -0.4 is 5.32 Å². The van der Waals surface area contributed by atoms with Gasteiger partial charge in [-0.1, -0.05) is 6.07 Å². The van der Waals surface area contributed by atoms with Crippen LogP contribution in [0.3, 0.4) is 0 Å². The summed E-state index contributed by atoms with van der Waals surface area (Å²) >= 11 is 0. The van der Waals surface area contributed by atoms with Crippen molar-refractivity contribution in [2.45, 2.75) is 37.9 Å². The van der Waals surface area contributed by atoms with Crippen LogP contribution in [-0.4, -0.2) is 42.6 Å². The quantitative estimate of drug-likeness (QED) is 0.889. The summed E-state index contributed by atoms with van der Waals surface area (Å²) in [6, 6.07) is 3.70. The predicted octanol–water partition coefficient (Wildman–Crippen LogP) is 2.26. The molecule has 1 unspecified atom stereocenters. The molecule has 1 atom stereocenters. The average molecular weight is 347 g/mol. The number of halogens is 3. The number of rotatable bonds is 5. The van der Waals surface area contributed by atoms with Crippen molar-refractivity contribution in [2.24, 2.45) is 0 Å². The zero-order chi connectivity index (χ0) is 15.5. The molecule has 1 aliphatic heterocycles. The highest BCUT2D eigenvalue weighted by molar-refractivity contribution is 5.85. The highest BCUT2D eigenvalue weighted by Crippen LogP contribution is 2.29. The highest BCUT2D eigenvalue weighted by atomic mass is 35.5. The number of amides is 1. The lowest BCUT2D eigenvalue weighted by Crippen LogP contribution is -2.45. The van der Waals surface area contributed by atoms with Crippen molar-refractivity contribution in [3.63, 3.8) is 0 Å². The number of morpholine rings is 1. The summed E-state index contributed by atoms with van der Waals surface area (Å²) in [5.41, 5.74) is 0.356. The molecule has 2 aliphatic rings. The first-order valence-corrected chi connectivity index (χ1v) is 7.68.